The lowest BCUT2D eigenvalue weighted by Gasteiger charge is -2.30. The lowest BCUT2D eigenvalue weighted by molar-refractivity contribution is 0.0536. The molecule has 1 aliphatic rings. The van der Waals surface area contributed by atoms with E-state index in [1.54, 1.807) is 0 Å². The smallest absolute Gasteiger partial charge is 0.156 e. The Morgan fingerprint density at radius 2 is 1.93 bits per heavy atom. The van der Waals surface area contributed by atoms with Gasteiger partial charge in [-0.05, 0) is 36.1 Å². The summed E-state index contributed by atoms with van der Waals surface area (Å²) in [5.41, 5.74) is 1.80. The van der Waals surface area contributed by atoms with Crippen molar-refractivity contribution in [2.45, 2.75) is 44.3 Å². The summed E-state index contributed by atoms with van der Waals surface area (Å²) in [4.78, 5) is 0. The highest BCUT2D eigenvalue weighted by molar-refractivity contribution is 6.37. The van der Waals surface area contributed by atoms with Gasteiger partial charge in [-0.25, -0.2) is 0 Å². The van der Waals surface area contributed by atoms with Crippen LogP contribution in [-0.4, -0.2) is 48.1 Å². The Morgan fingerprint density at radius 1 is 1.25 bits per heavy atom. The molecule has 0 radical (unpaired) electrons. The van der Waals surface area contributed by atoms with Crippen molar-refractivity contribution in [1.82, 2.24) is 0 Å². The monoisotopic (exact) mass is 448 g/mol. The third-order valence-electron chi connectivity index (χ3n) is 4.74. The van der Waals surface area contributed by atoms with Crippen LogP contribution in [0.5, 0.6) is 5.75 Å². The number of hydrogen-bond donors (Lipinski definition) is 2. The molecule has 0 fully saturated rings. The first-order chi connectivity index (χ1) is 13.3. The van der Waals surface area contributed by atoms with Crippen molar-refractivity contribution in [2.75, 3.05) is 25.7 Å². The minimum absolute atomic E-state index is 0.0728. The molecule has 2 atom stereocenters. The van der Waals surface area contributed by atoms with Crippen LogP contribution in [0.15, 0.2) is 35.9 Å². The molecule has 2 N–H and O–H groups in total. The molecule has 156 valence electrons. The molecule has 2 unspecified atom stereocenters. The van der Waals surface area contributed by atoms with Gasteiger partial charge in [0.1, 0.15) is 12.7 Å². The van der Waals surface area contributed by atoms with Crippen molar-refractivity contribution >= 4 is 34.8 Å². The fourth-order valence-electron chi connectivity index (χ4n) is 2.93. The summed E-state index contributed by atoms with van der Waals surface area (Å²) in [6.45, 7) is 4.39. The van der Waals surface area contributed by atoms with Crippen molar-refractivity contribution in [3.63, 3.8) is 0 Å². The lowest BCUT2D eigenvalue weighted by Crippen LogP contribution is -2.23. The largest absolute Gasteiger partial charge is 0.488 e. The fourth-order valence-corrected chi connectivity index (χ4v) is 3.64. The number of alkyl halides is 1. The Balaban J connectivity index is 2.12. The Kier molecular flexibility index (Phi) is 9.13. The minimum atomic E-state index is -0.986. The standard InChI is InChI=1S/C21H27Cl3O4/c1-21(2,14-4-6-17(7-5-14)27-9-3-8-22)15-10-18(23)20(19(24)11-15)28-13-16(26)12-25/h4-6,10-11,16-17,25-26H,3,7-9,12-13H2,1-2H3. The molecule has 0 spiro atoms. The number of aliphatic hydroxyl groups is 2. The highest BCUT2D eigenvalue weighted by Crippen LogP contribution is 2.41. The quantitative estimate of drug-likeness (QED) is 0.394. The van der Waals surface area contributed by atoms with Crippen LogP contribution >= 0.6 is 34.8 Å². The molecule has 0 amide bonds. The molecule has 4 nitrogen and oxygen atoms in total. The highest BCUT2D eigenvalue weighted by Gasteiger charge is 2.28. The molecule has 1 aromatic rings. The molecule has 28 heavy (non-hydrogen) atoms. The van der Waals surface area contributed by atoms with Gasteiger partial charge in [0.05, 0.1) is 22.8 Å². The molecule has 0 aliphatic heterocycles. The van der Waals surface area contributed by atoms with Gasteiger partial charge in [-0.3, -0.25) is 0 Å². The fraction of sp³-hybridized carbons (Fsp3) is 0.524. The topological polar surface area (TPSA) is 58.9 Å². The van der Waals surface area contributed by atoms with E-state index in [0.717, 1.165) is 24.0 Å². The van der Waals surface area contributed by atoms with Crippen LogP contribution in [0.25, 0.3) is 0 Å². The van der Waals surface area contributed by atoms with Crippen molar-refractivity contribution in [2.24, 2.45) is 0 Å². The average molecular weight is 450 g/mol. The second-order valence-electron chi connectivity index (χ2n) is 7.25. The summed E-state index contributed by atoms with van der Waals surface area (Å²) in [7, 11) is 0. The number of aliphatic hydroxyl groups excluding tert-OH is 2. The number of halogens is 3. The second kappa shape index (κ2) is 10.9. The Hall–Kier alpha value is -0.750. The number of hydrogen-bond acceptors (Lipinski definition) is 4. The summed E-state index contributed by atoms with van der Waals surface area (Å²) in [5.74, 6) is 0.904. The predicted molar refractivity (Wildman–Crippen MR) is 115 cm³/mol. The summed E-state index contributed by atoms with van der Waals surface area (Å²) in [5, 5.41) is 19.1. The van der Waals surface area contributed by atoms with Crippen LogP contribution in [0.1, 0.15) is 32.3 Å². The maximum absolute atomic E-state index is 9.45. The van der Waals surface area contributed by atoms with Crippen LogP contribution < -0.4 is 4.74 Å². The Labute approximate surface area is 181 Å². The molecule has 2 rings (SSSR count). The molecule has 0 saturated heterocycles. The molecule has 0 saturated carbocycles. The summed E-state index contributed by atoms with van der Waals surface area (Å²) >= 11 is 18.4. The molecule has 0 heterocycles. The van der Waals surface area contributed by atoms with Gasteiger partial charge < -0.3 is 19.7 Å². The summed E-state index contributed by atoms with van der Waals surface area (Å²) in [6, 6.07) is 3.65. The molecule has 1 aromatic carbocycles. The van der Waals surface area contributed by atoms with Gasteiger partial charge in [0.25, 0.3) is 0 Å². The van der Waals surface area contributed by atoms with Crippen molar-refractivity contribution in [3.8, 4) is 5.75 Å². The lowest BCUT2D eigenvalue weighted by atomic mass is 9.75. The van der Waals surface area contributed by atoms with Gasteiger partial charge in [-0.1, -0.05) is 55.3 Å². The van der Waals surface area contributed by atoms with Gasteiger partial charge in [0, 0.05) is 17.9 Å². The molecular formula is C21H27Cl3O4. The Morgan fingerprint density at radius 3 is 2.46 bits per heavy atom. The number of rotatable bonds is 10. The van der Waals surface area contributed by atoms with Gasteiger partial charge >= 0.3 is 0 Å². The van der Waals surface area contributed by atoms with Gasteiger partial charge in [-0.2, -0.15) is 0 Å². The molecule has 7 heteroatoms. The van der Waals surface area contributed by atoms with E-state index >= 15 is 0 Å². The highest BCUT2D eigenvalue weighted by atomic mass is 35.5. The van der Waals surface area contributed by atoms with Crippen molar-refractivity contribution in [3.05, 3.63) is 51.5 Å². The van der Waals surface area contributed by atoms with Crippen LogP contribution in [0.3, 0.4) is 0 Å². The van der Waals surface area contributed by atoms with E-state index in [9.17, 15) is 5.11 Å². The van der Waals surface area contributed by atoms with Crippen LogP contribution in [0, 0.1) is 0 Å². The van der Waals surface area contributed by atoms with Crippen molar-refractivity contribution < 1.29 is 19.7 Å². The predicted octanol–water partition coefficient (Wildman–Crippen LogP) is 4.90. The molecule has 0 aromatic heterocycles. The van der Waals surface area contributed by atoms with Crippen molar-refractivity contribution in [1.29, 1.82) is 0 Å². The zero-order valence-corrected chi connectivity index (χ0v) is 18.4. The summed E-state index contributed by atoms with van der Waals surface area (Å²) in [6.07, 6.45) is 7.06. The van der Waals surface area contributed by atoms with E-state index < -0.39 is 12.7 Å². The normalized spacial score (nSPS) is 18.1. The first-order valence-electron chi connectivity index (χ1n) is 9.27. The molecule has 0 bridgehead atoms. The first kappa shape index (κ1) is 23.5. The zero-order valence-electron chi connectivity index (χ0n) is 16.1. The number of ether oxygens (including phenoxy) is 2. The first-order valence-corrected chi connectivity index (χ1v) is 10.6. The van der Waals surface area contributed by atoms with Gasteiger partial charge in [0.2, 0.25) is 0 Å². The van der Waals surface area contributed by atoms with E-state index in [4.69, 9.17) is 49.4 Å². The molecule has 1 aliphatic carbocycles. The van der Waals surface area contributed by atoms with Crippen LogP contribution in [0.4, 0.5) is 0 Å². The third kappa shape index (κ3) is 6.12. The second-order valence-corrected chi connectivity index (χ2v) is 8.44. The maximum atomic E-state index is 9.45. The van der Waals surface area contributed by atoms with E-state index in [2.05, 4.69) is 32.1 Å². The Bertz CT molecular complexity index is 693. The average Bonchev–Trinajstić information content (AvgIpc) is 2.67. The zero-order chi connectivity index (χ0) is 20.7. The van der Waals surface area contributed by atoms with E-state index in [1.165, 1.54) is 0 Å². The van der Waals surface area contributed by atoms with Crippen LogP contribution in [-0.2, 0) is 10.2 Å². The SMILES string of the molecule is CC(C)(C1=CCC(OCCCCl)C=C1)c1cc(Cl)c(OCC(O)CO)c(Cl)c1. The number of allylic oxidation sites excluding steroid dienone is 2. The maximum Gasteiger partial charge on any atom is 0.156 e. The molecular weight excluding hydrogens is 423 g/mol. The van der Waals surface area contributed by atoms with Gasteiger partial charge in [-0.15, -0.1) is 11.6 Å². The van der Waals surface area contributed by atoms with E-state index in [-0.39, 0.29) is 18.1 Å². The van der Waals surface area contributed by atoms with E-state index in [0.29, 0.717) is 28.3 Å². The minimum Gasteiger partial charge on any atom is -0.488 e. The third-order valence-corrected chi connectivity index (χ3v) is 5.57. The summed E-state index contributed by atoms with van der Waals surface area (Å²) < 4.78 is 11.3. The van der Waals surface area contributed by atoms with Crippen LogP contribution in [0.2, 0.25) is 10.0 Å². The van der Waals surface area contributed by atoms with Gasteiger partial charge in [0.15, 0.2) is 5.75 Å². The van der Waals surface area contributed by atoms with E-state index in [1.807, 2.05) is 12.1 Å². The number of benzene rings is 1.